The van der Waals surface area contributed by atoms with Gasteiger partial charge in [0.25, 0.3) is 0 Å². The zero-order valence-electron chi connectivity index (χ0n) is 17.8. The predicted molar refractivity (Wildman–Crippen MR) is 114 cm³/mol. The molecule has 2 rings (SSSR count). The van der Waals surface area contributed by atoms with Gasteiger partial charge in [-0.3, -0.25) is 0 Å². The summed E-state index contributed by atoms with van der Waals surface area (Å²) in [5.74, 6) is 0.150. The van der Waals surface area contributed by atoms with Crippen LogP contribution in [0.3, 0.4) is 0 Å². The van der Waals surface area contributed by atoms with Gasteiger partial charge in [0.15, 0.2) is 0 Å². The first-order chi connectivity index (χ1) is 13.3. The molecule has 1 aliphatic carbocycles. The zero-order chi connectivity index (χ0) is 20.8. The molecule has 1 aromatic rings. The number of aromatic nitrogens is 1. The fourth-order valence-corrected chi connectivity index (χ4v) is 25.2. The molecule has 1 saturated carbocycles. The minimum absolute atomic E-state index is 0.150. The molecule has 0 amide bonds. The molecule has 0 unspecified atom stereocenters. The predicted octanol–water partition coefficient (Wildman–Crippen LogP) is 7.11. The van der Waals surface area contributed by atoms with Crippen LogP contribution in [0.2, 0.25) is 13.3 Å². The normalized spacial score (nSPS) is 20.4. The number of alkyl halides is 3. The van der Waals surface area contributed by atoms with E-state index in [0.29, 0.717) is 0 Å². The number of nitrogens with zero attached hydrogens (tertiary/aromatic N) is 1. The monoisotopic (exact) mass is 527 g/mol. The Kier molecular flexibility index (Phi) is 9.59. The van der Waals surface area contributed by atoms with E-state index in [9.17, 15) is 13.2 Å². The van der Waals surface area contributed by atoms with Crippen molar-refractivity contribution in [1.29, 1.82) is 0 Å². The first kappa shape index (κ1) is 24.4. The van der Waals surface area contributed by atoms with Crippen LogP contribution in [0.25, 0.3) is 0 Å². The molecule has 1 heterocycles. The van der Waals surface area contributed by atoms with Crippen LogP contribution in [0.5, 0.6) is 0 Å². The van der Waals surface area contributed by atoms with E-state index in [4.69, 9.17) is 4.74 Å². The van der Waals surface area contributed by atoms with Crippen LogP contribution in [0.1, 0.15) is 88.8 Å². The standard InChI is InChI=1S/C9H9F3NOS.3C4H9.Sn/c1-14-6-2-5(3-6)8-13-7(4-15-8)9(10,11)12;3*1-3-4-2;/h5-6H,2-3H2,1H3;3*1,3-4H2,2H3;. The summed E-state index contributed by atoms with van der Waals surface area (Å²) in [6.45, 7) is 6.45. The van der Waals surface area contributed by atoms with Gasteiger partial charge in [0.2, 0.25) is 0 Å². The molecule has 0 N–H and O–H groups in total. The first-order valence-electron chi connectivity index (χ1n) is 10.9. The van der Waals surface area contributed by atoms with Gasteiger partial charge in [0.05, 0.1) is 0 Å². The molecule has 0 aromatic carbocycles. The number of ether oxygens (including phenoxy) is 1. The number of hydrogen-bond acceptors (Lipinski definition) is 3. The summed E-state index contributed by atoms with van der Waals surface area (Å²) in [6, 6.07) is 0. The number of halogens is 3. The Balaban J connectivity index is 2.46. The molecule has 7 heteroatoms. The maximum atomic E-state index is 14.0. The van der Waals surface area contributed by atoms with E-state index >= 15 is 0 Å². The molecule has 1 aliphatic rings. The van der Waals surface area contributed by atoms with Crippen molar-refractivity contribution in [2.24, 2.45) is 0 Å². The van der Waals surface area contributed by atoms with Gasteiger partial charge in [-0.05, 0) is 0 Å². The third-order valence-electron chi connectivity index (χ3n) is 6.20. The van der Waals surface area contributed by atoms with Gasteiger partial charge in [-0.25, -0.2) is 0 Å². The number of thiazole rings is 1. The molecule has 0 bridgehead atoms. The third kappa shape index (κ3) is 5.87. The van der Waals surface area contributed by atoms with E-state index in [1.165, 1.54) is 11.3 Å². The van der Waals surface area contributed by atoms with Crippen LogP contribution in [-0.4, -0.2) is 36.6 Å². The van der Waals surface area contributed by atoms with E-state index in [1.54, 1.807) is 7.11 Å². The van der Waals surface area contributed by atoms with Crippen molar-refractivity contribution in [3.63, 3.8) is 0 Å². The van der Waals surface area contributed by atoms with Crippen LogP contribution in [-0.2, 0) is 10.9 Å². The van der Waals surface area contributed by atoms with Crippen LogP contribution in [0.15, 0.2) is 0 Å². The average molecular weight is 526 g/mol. The quantitative estimate of drug-likeness (QED) is 0.271. The fraction of sp³-hybridized carbons (Fsp3) is 0.857. The van der Waals surface area contributed by atoms with Gasteiger partial charge >= 0.3 is 177 Å². The Morgan fingerprint density at radius 3 is 1.89 bits per heavy atom. The molecule has 0 spiro atoms. The Hall–Kier alpha value is 0.179. The second kappa shape index (κ2) is 11.0. The fourth-order valence-electron chi connectivity index (χ4n) is 4.28. The van der Waals surface area contributed by atoms with Crippen LogP contribution in [0, 0.1) is 0 Å². The van der Waals surface area contributed by atoms with Gasteiger partial charge < -0.3 is 0 Å². The molecular formula is C21H36F3NOSSn. The molecule has 0 atom stereocenters. The van der Waals surface area contributed by atoms with Crippen molar-refractivity contribution < 1.29 is 17.9 Å². The average Bonchev–Trinajstić information content (AvgIpc) is 3.06. The summed E-state index contributed by atoms with van der Waals surface area (Å²) >= 11 is -1.72. The van der Waals surface area contributed by atoms with Crippen molar-refractivity contribution in [2.75, 3.05) is 7.11 Å². The Labute approximate surface area is 176 Å². The van der Waals surface area contributed by atoms with Crippen molar-refractivity contribution in [3.8, 4) is 0 Å². The van der Waals surface area contributed by atoms with E-state index in [2.05, 4.69) is 25.8 Å². The van der Waals surface area contributed by atoms with Gasteiger partial charge in [-0.2, -0.15) is 0 Å². The molecule has 0 saturated heterocycles. The first-order valence-corrected chi connectivity index (χ1v) is 19.2. The van der Waals surface area contributed by atoms with Gasteiger partial charge in [0, 0.05) is 0 Å². The Morgan fingerprint density at radius 2 is 1.50 bits per heavy atom. The molecule has 1 fully saturated rings. The summed E-state index contributed by atoms with van der Waals surface area (Å²) in [5, 5.41) is 0.723. The second-order valence-electron chi connectivity index (χ2n) is 8.34. The number of methoxy groups -OCH3 is 1. The van der Waals surface area contributed by atoms with Gasteiger partial charge in [0.1, 0.15) is 0 Å². The minimum atomic E-state index is -4.33. The number of hydrogen-bond donors (Lipinski definition) is 0. The molecule has 1 aromatic heterocycles. The summed E-state index contributed by atoms with van der Waals surface area (Å²) in [5.41, 5.74) is -0.507. The van der Waals surface area contributed by atoms with E-state index in [1.807, 2.05) is 0 Å². The maximum absolute atomic E-state index is 14.0. The van der Waals surface area contributed by atoms with Gasteiger partial charge in [-0.1, -0.05) is 0 Å². The molecule has 162 valence electrons. The SMILES string of the molecule is CCC[CH2][Sn]([CH2]CCC)([CH2]CCC)[c]1sc(C2CC(OC)C2)nc1C(F)(F)F. The van der Waals surface area contributed by atoms with Crippen molar-refractivity contribution in [3.05, 3.63) is 10.7 Å². The van der Waals surface area contributed by atoms with Crippen molar-refractivity contribution in [2.45, 2.75) is 104 Å². The van der Waals surface area contributed by atoms with Crippen LogP contribution >= 0.6 is 11.3 Å². The number of unbranched alkanes of at least 4 members (excludes halogenated alkanes) is 3. The van der Waals surface area contributed by atoms with Gasteiger partial charge in [-0.15, -0.1) is 0 Å². The zero-order valence-corrected chi connectivity index (χ0v) is 21.5. The third-order valence-corrected chi connectivity index (χ3v) is 25.7. The Bertz CT molecular complexity index is 577. The summed E-state index contributed by atoms with van der Waals surface area (Å²) in [7, 11) is 1.68. The summed E-state index contributed by atoms with van der Waals surface area (Å²) in [6.07, 6.45) is 3.81. The number of rotatable bonds is 12. The molecule has 28 heavy (non-hydrogen) atoms. The van der Waals surface area contributed by atoms with Crippen LogP contribution < -0.4 is 2.89 Å². The summed E-state index contributed by atoms with van der Waals surface area (Å²) in [4.78, 5) is 4.25. The molecular weight excluding hydrogens is 490 g/mol. The second-order valence-corrected chi connectivity index (χ2v) is 23.4. The Morgan fingerprint density at radius 1 is 1.00 bits per heavy atom. The van der Waals surface area contributed by atoms with E-state index in [-0.39, 0.29) is 12.0 Å². The molecule has 0 radical (unpaired) electrons. The van der Waals surface area contributed by atoms with Crippen molar-refractivity contribution >= 4 is 32.6 Å². The van der Waals surface area contributed by atoms with Crippen molar-refractivity contribution in [1.82, 2.24) is 4.98 Å². The van der Waals surface area contributed by atoms with Crippen LogP contribution in [0.4, 0.5) is 13.2 Å². The molecule has 2 nitrogen and oxygen atoms in total. The van der Waals surface area contributed by atoms with E-state index in [0.717, 1.165) is 72.6 Å². The summed E-state index contributed by atoms with van der Waals surface area (Å²) < 4.78 is 51.3. The van der Waals surface area contributed by atoms with E-state index < -0.39 is 30.2 Å². The molecule has 0 aliphatic heterocycles. The topological polar surface area (TPSA) is 22.1 Å².